The van der Waals surface area contributed by atoms with Gasteiger partial charge in [0.15, 0.2) is 0 Å². The second-order valence-electron chi connectivity index (χ2n) is 8.44. The molecule has 2 atom stereocenters. The summed E-state index contributed by atoms with van der Waals surface area (Å²) >= 11 is 0. The van der Waals surface area contributed by atoms with E-state index in [1.807, 2.05) is 42.5 Å². The third-order valence-corrected chi connectivity index (χ3v) is 8.23. The lowest BCUT2D eigenvalue weighted by molar-refractivity contribution is 0.450. The van der Waals surface area contributed by atoms with Crippen molar-refractivity contribution in [1.29, 1.82) is 0 Å². The first-order valence-electron chi connectivity index (χ1n) is 10.7. The van der Waals surface area contributed by atoms with E-state index in [0.29, 0.717) is 24.7 Å². The zero-order valence-corrected chi connectivity index (χ0v) is 18.6. The minimum absolute atomic E-state index is 0.00153. The Morgan fingerprint density at radius 3 is 2.56 bits per heavy atom. The number of benzene rings is 1. The number of hydrogen-bond donors (Lipinski definition) is 0. The summed E-state index contributed by atoms with van der Waals surface area (Å²) in [6.07, 6.45) is 4.22. The molecule has 32 heavy (non-hydrogen) atoms. The lowest BCUT2D eigenvalue weighted by Crippen LogP contribution is -2.40. The van der Waals surface area contributed by atoms with Gasteiger partial charge < -0.3 is 4.90 Å². The maximum atomic E-state index is 13.1. The van der Waals surface area contributed by atoms with Crippen molar-refractivity contribution in [3.63, 3.8) is 0 Å². The van der Waals surface area contributed by atoms with E-state index in [1.165, 1.54) is 6.07 Å². The Labute approximate surface area is 187 Å². The first-order valence-corrected chi connectivity index (χ1v) is 12.3. The van der Waals surface area contributed by atoms with Crippen molar-refractivity contribution in [3.05, 3.63) is 76.8 Å². The maximum Gasteiger partial charge on any atom is 0.255 e. The van der Waals surface area contributed by atoms with Crippen LogP contribution < -0.4 is 10.5 Å². The van der Waals surface area contributed by atoms with Gasteiger partial charge in [-0.2, -0.15) is 4.31 Å². The van der Waals surface area contributed by atoms with Crippen LogP contribution in [0.4, 0.5) is 5.95 Å². The predicted octanol–water partition coefficient (Wildman–Crippen LogP) is 1.88. The summed E-state index contributed by atoms with van der Waals surface area (Å²) in [5, 5.41) is 0. The van der Waals surface area contributed by atoms with Crippen LogP contribution in [0.3, 0.4) is 0 Å². The third kappa shape index (κ3) is 3.82. The van der Waals surface area contributed by atoms with Crippen molar-refractivity contribution in [1.82, 2.24) is 18.8 Å². The van der Waals surface area contributed by atoms with Gasteiger partial charge in [-0.05, 0) is 30.0 Å². The summed E-state index contributed by atoms with van der Waals surface area (Å²) in [6.45, 7) is 1.67. The van der Waals surface area contributed by atoms with Gasteiger partial charge in [-0.1, -0.05) is 30.3 Å². The minimum Gasteiger partial charge on any atom is -0.338 e. The number of anilines is 1. The maximum absolute atomic E-state index is 13.1. The van der Waals surface area contributed by atoms with Crippen LogP contribution >= 0.6 is 0 Å². The number of pyridine rings is 1. The van der Waals surface area contributed by atoms with Gasteiger partial charge >= 0.3 is 0 Å². The van der Waals surface area contributed by atoms with E-state index in [-0.39, 0.29) is 23.3 Å². The monoisotopic (exact) mass is 451 g/mol. The number of fused-ring (bicyclic) bond motifs is 1. The number of rotatable bonds is 5. The molecule has 2 fully saturated rings. The smallest absolute Gasteiger partial charge is 0.255 e. The molecule has 2 aliphatic heterocycles. The topological polar surface area (TPSA) is 88.4 Å². The summed E-state index contributed by atoms with van der Waals surface area (Å²) in [7, 11) is -1.70. The SMILES string of the molecule is Cn1c(N2CCC3CN(S(=O)(=O)Cc4ccccc4)CC32)nc(-c2ccncc2)cc1=O. The lowest BCUT2D eigenvalue weighted by atomic mass is 10.1. The zero-order chi connectivity index (χ0) is 22.3. The molecule has 9 heteroatoms. The Balaban J connectivity index is 1.42. The Morgan fingerprint density at radius 1 is 1.06 bits per heavy atom. The highest BCUT2D eigenvalue weighted by atomic mass is 32.2. The number of nitrogens with zero attached hydrogens (tertiary/aromatic N) is 5. The van der Waals surface area contributed by atoms with Gasteiger partial charge in [-0.15, -0.1) is 0 Å². The van der Waals surface area contributed by atoms with Crippen LogP contribution in [-0.4, -0.2) is 52.9 Å². The molecule has 0 spiro atoms. The highest BCUT2D eigenvalue weighted by molar-refractivity contribution is 7.88. The van der Waals surface area contributed by atoms with Crippen molar-refractivity contribution in [3.8, 4) is 11.3 Å². The predicted molar refractivity (Wildman–Crippen MR) is 123 cm³/mol. The summed E-state index contributed by atoms with van der Waals surface area (Å²) in [6, 6.07) is 14.4. The van der Waals surface area contributed by atoms with Gasteiger partial charge in [0.1, 0.15) is 0 Å². The van der Waals surface area contributed by atoms with Crippen molar-refractivity contribution in [2.45, 2.75) is 18.2 Å². The van der Waals surface area contributed by atoms with E-state index >= 15 is 0 Å². The molecule has 3 aromatic rings. The summed E-state index contributed by atoms with van der Waals surface area (Å²) in [5.74, 6) is 0.808. The molecule has 1 aromatic carbocycles. The van der Waals surface area contributed by atoms with E-state index in [2.05, 4.69) is 9.88 Å². The molecule has 2 saturated heterocycles. The van der Waals surface area contributed by atoms with Crippen LogP contribution in [0, 0.1) is 5.92 Å². The number of sulfonamides is 1. The van der Waals surface area contributed by atoms with E-state index in [4.69, 9.17) is 4.98 Å². The molecule has 0 radical (unpaired) electrons. The van der Waals surface area contributed by atoms with Crippen LogP contribution in [0.25, 0.3) is 11.3 Å². The minimum atomic E-state index is -3.42. The summed E-state index contributed by atoms with van der Waals surface area (Å²) in [5.41, 5.74) is 2.07. The third-order valence-electron chi connectivity index (χ3n) is 6.44. The van der Waals surface area contributed by atoms with Gasteiger partial charge in [0.05, 0.1) is 11.4 Å². The Kier molecular flexibility index (Phi) is 5.30. The van der Waals surface area contributed by atoms with Gasteiger partial charge in [-0.3, -0.25) is 14.3 Å². The number of hydrogen-bond acceptors (Lipinski definition) is 6. The molecule has 4 heterocycles. The lowest BCUT2D eigenvalue weighted by Gasteiger charge is -2.27. The Morgan fingerprint density at radius 2 is 1.81 bits per heavy atom. The quantitative estimate of drug-likeness (QED) is 0.589. The van der Waals surface area contributed by atoms with Crippen molar-refractivity contribution in [2.24, 2.45) is 13.0 Å². The average Bonchev–Trinajstić information content (AvgIpc) is 3.38. The molecule has 0 amide bonds. The average molecular weight is 452 g/mol. The van der Waals surface area contributed by atoms with Crippen LogP contribution in [0.15, 0.2) is 65.7 Å². The summed E-state index contributed by atoms with van der Waals surface area (Å²) in [4.78, 5) is 23.6. The standard InChI is InChI=1S/C23H25N5O3S/c1-26-22(29)13-20(18-7-10-24-11-8-18)25-23(26)28-12-9-19-14-27(15-21(19)28)32(30,31)16-17-5-3-2-4-6-17/h2-8,10-11,13,19,21H,9,12,14-16H2,1H3. The molecule has 2 aromatic heterocycles. The Bertz CT molecular complexity index is 1280. The first kappa shape index (κ1) is 20.8. The highest BCUT2D eigenvalue weighted by Crippen LogP contribution is 2.36. The van der Waals surface area contributed by atoms with E-state index in [9.17, 15) is 13.2 Å². The molecule has 5 rings (SSSR count). The molecule has 166 valence electrons. The van der Waals surface area contributed by atoms with Crippen molar-refractivity contribution >= 4 is 16.0 Å². The van der Waals surface area contributed by atoms with Crippen molar-refractivity contribution in [2.75, 3.05) is 24.5 Å². The molecular weight excluding hydrogens is 426 g/mol. The van der Waals surface area contributed by atoms with Crippen LogP contribution in [0.5, 0.6) is 0 Å². The zero-order valence-electron chi connectivity index (χ0n) is 17.8. The molecular formula is C23H25N5O3S. The van der Waals surface area contributed by atoms with E-state index in [1.54, 1.807) is 28.3 Å². The van der Waals surface area contributed by atoms with Gasteiger partial charge in [0.25, 0.3) is 5.56 Å². The fourth-order valence-corrected chi connectivity index (χ4v) is 6.32. The van der Waals surface area contributed by atoms with Crippen molar-refractivity contribution < 1.29 is 8.42 Å². The largest absolute Gasteiger partial charge is 0.338 e. The molecule has 0 bridgehead atoms. The fourth-order valence-electron chi connectivity index (χ4n) is 4.73. The van der Waals surface area contributed by atoms with Gasteiger partial charge in [0.2, 0.25) is 16.0 Å². The van der Waals surface area contributed by atoms with E-state index < -0.39 is 10.0 Å². The van der Waals surface area contributed by atoms with Gasteiger partial charge in [-0.25, -0.2) is 13.4 Å². The first-order chi connectivity index (χ1) is 15.4. The molecule has 0 N–H and O–H groups in total. The highest BCUT2D eigenvalue weighted by Gasteiger charge is 2.46. The normalized spacial score (nSPS) is 21.1. The number of aromatic nitrogens is 3. The Hall–Kier alpha value is -3.04. The summed E-state index contributed by atoms with van der Waals surface area (Å²) < 4.78 is 29.3. The van der Waals surface area contributed by atoms with Crippen LogP contribution in [0.1, 0.15) is 12.0 Å². The molecule has 0 saturated carbocycles. The molecule has 0 aliphatic carbocycles. The second kappa shape index (κ2) is 8.14. The molecule has 2 unspecified atom stereocenters. The molecule has 2 aliphatic rings. The molecule has 8 nitrogen and oxygen atoms in total. The van der Waals surface area contributed by atoms with E-state index in [0.717, 1.165) is 24.1 Å². The van der Waals surface area contributed by atoms with Crippen LogP contribution in [-0.2, 0) is 22.8 Å². The second-order valence-corrected chi connectivity index (χ2v) is 10.4. The van der Waals surface area contributed by atoms with Gasteiger partial charge in [0, 0.05) is 56.7 Å². The van der Waals surface area contributed by atoms with Crippen LogP contribution in [0.2, 0.25) is 0 Å². The fraction of sp³-hybridized carbons (Fsp3) is 0.348.